The molecule has 0 bridgehead atoms. The zero-order chi connectivity index (χ0) is 18.7. The number of unbranched alkanes of at least 4 members (excludes halogenated alkanes) is 4. The largest absolute Gasteiger partial charge is 0.462 e. The monoisotopic (exact) mass is 348 g/mol. The molecule has 4 heteroatoms. The van der Waals surface area contributed by atoms with Crippen molar-refractivity contribution in [3.05, 3.63) is 35.4 Å². The molecule has 1 atom stereocenters. The molecule has 0 aromatic heterocycles. The molecule has 0 aliphatic heterocycles. The van der Waals surface area contributed by atoms with Crippen LogP contribution in [0.5, 0.6) is 0 Å². The quantitative estimate of drug-likeness (QED) is 0.396. The molecule has 0 N–H and O–H groups in total. The van der Waals surface area contributed by atoms with Crippen LogP contribution in [-0.2, 0) is 9.47 Å². The van der Waals surface area contributed by atoms with Crippen LogP contribution in [0.25, 0.3) is 0 Å². The number of ether oxygens (including phenoxy) is 2. The Kier molecular flexibility index (Phi) is 9.90. The minimum Gasteiger partial charge on any atom is -0.462 e. The zero-order valence-electron chi connectivity index (χ0n) is 16.0. The van der Waals surface area contributed by atoms with Gasteiger partial charge in [0, 0.05) is 0 Å². The van der Waals surface area contributed by atoms with Crippen LogP contribution >= 0.6 is 0 Å². The van der Waals surface area contributed by atoms with E-state index in [0.717, 1.165) is 19.3 Å². The Morgan fingerprint density at radius 3 is 2.24 bits per heavy atom. The van der Waals surface area contributed by atoms with Gasteiger partial charge >= 0.3 is 11.9 Å². The van der Waals surface area contributed by atoms with Gasteiger partial charge in [0.25, 0.3) is 0 Å². The van der Waals surface area contributed by atoms with Crippen LogP contribution in [0.3, 0.4) is 0 Å². The molecule has 0 radical (unpaired) electrons. The lowest BCUT2D eigenvalue weighted by molar-refractivity contribution is 0.0299. The number of rotatable bonds is 11. The number of benzene rings is 1. The summed E-state index contributed by atoms with van der Waals surface area (Å²) in [4.78, 5) is 24.3. The van der Waals surface area contributed by atoms with Crippen molar-refractivity contribution in [2.75, 3.05) is 6.61 Å². The Balaban J connectivity index is 2.50. The normalized spacial score (nSPS) is 12.0. The van der Waals surface area contributed by atoms with Crippen LogP contribution in [0.15, 0.2) is 24.3 Å². The molecule has 25 heavy (non-hydrogen) atoms. The first kappa shape index (κ1) is 21.2. The van der Waals surface area contributed by atoms with E-state index in [0.29, 0.717) is 23.7 Å². The van der Waals surface area contributed by atoms with Gasteiger partial charge in [0.15, 0.2) is 0 Å². The average molecular weight is 348 g/mol. The van der Waals surface area contributed by atoms with Crippen LogP contribution in [0.2, 0.25) is 0 Å². The van der Waals surface area contributed by atoms with Crippen LogP contribution in [0.1, 0.15) is 86.9 Å². The number of hydrogen-bond donors (Lipinski definition) is 0. The van der Waals surface area contributed by atoms with Crippen molar-refractivity contribution < 1.29 is 19.1 Å². The maximum absolute atomic E-state index is 12.2. The number of carbonyl (C=O) groups is 2. The smallest absolute Gasteiger partial charge is 0.338 e. The van der Waals surface area contributed by atoms with E-state index in [9.17, 15) is 9.59 Å². The highest BCUT2D eigenvalue weighted by Crippen LogP contribution is 2.13. The molecular weight excluding hydrogens is 316 g/mol. The standard InChI is InChI=1S/C21H32O4/c1-5-6-7-8-9-13-24-20(22)18-11-10-12-19(15-18)21(23)25-17(4)14-16(2)3/h10-12,15-17H,5-9,13-14H2,1-4H3. The van der Waals surface area contributed by atoms with Gasteiger partial charge < -0.3 is 9.47 Å². The summed E-state index contributed by atoms with van der Waals surface area (Å²) < 4.78 is 10.7. The molecule has 140 valence electrons. The molecule has 1 unspecified atom stereocenters. The van der Waals surface area contributed by atoms with Gasteiger partial charge in [-0.15, -0.1) is 0 Å². The molecule has 0 amide bonds. The van der Waals surface area contributed by atoms with Crippen molar-refractivity contribution >= 4 is 11.9 Å². The molecule has 1 aromatic carbocycles. The second-order valence-corrected chi connectivity index (χ2v) is 6.98. The highest BCUT2D eigenvalue weighted by atomic mass is 16.5. The van der Waals surface area contributed by atoms with Crippen LogP contribution in [0.4, 0.5) is 0 Å². The van der Waals surface area contributed by atoms with Crippen molar-refractivity contribution in [2.45, 2.75) is 72.3 Å². The summed E-state index contributed by atoms with van der Waals surface area (Å²) in [5, 5.41) is 0. The average Bonchev–Trinajstić information content (AvgIpc) is 2.57. The third-order valence-electron chi connectivity index (χ3n) is 3.93. The van der Waals surface area contributed by atoms with Gasteiger partial charge in [-0.25, -0.2) is 9.59 Å². The van der Waals surface area contributed by atoms with Gasteiger partial charge in [0.2, 0.25) is 0 Å². The Bertz CT molecular complexity index is 536. The maximum Gasteiger partial charge on any atom is 0.338 e. The zero-order valence-corrected chi connectivity index (χ0v) is 16.0. The second kappa shape index (κ2) is 11.7. The van der Waals surface area contributed by atoms with E-state index in [1.54, 1.807) is 24.3 Å². The van der Waals surface area contributed by atoms with Crippen molar-refractivity contribution in [1.29, 1.82) is 0 Å². The van der Waals surface area contributed by atoms with Crippen molar-refractivity contribution in [3.63, 3.8) is 0 Å². The predicted molar refractivity (Wildman–Crippen MR) is 99.8 cm³/mol. The van der Waals surface area contributed by atoms with Gasteiger partial charge in [-0.3, -0.25) is 0 Å². The minimum atomic E-state index is -0.401. The molecule has 0 aliphatic carbocycles. The molecule has 0 aliphatic rings. The highest BCUT2D eigenvalue weighted by Gasteiger charge is 2.15. The number of carbonyl (C=O) groups excluding carboxylic acids is 2. The SMILES string of the molecule is CCCCCCCOC(=O)c1cccc(C(=O)OC(C)CC(C)C)c1. The van der Waals surface area contributed by atoms with Gasteiger partial charge in [-0.1, -0.05) is 52.5 Å². The molecule has 0 saturated heterocycles. The summed E-state index contributed by atoms with van der Waals surface area (Å²) in [5.41, 5.74) is 0.771. The molecule has 0 heterocycles. The van der Waals surface area contributed by atoms with E-state index < -0.39 is 5.97 Å². The Hall–Kier alpha value is -1.84. The van der Waals surface area contributed by atoms with Gasteiger partial charge in [0.1, 0.15) is 0 Å². The molecule has 0 spiro atoms. The van der Waals surface area contributed by atoms with Crippen LogP contribution < -0.4 is 0 Å². The van der Waals surface area contributed by atoms with E-state index in [1.165, 1.54) is 19.3 Å². The van der Waals surface area contributed by atoms with Crippen molar-refractivity contribution in [1.82, 2.24) is 0 Å². The molecule has 1 rings (SSSR count). The predicted octanol–water partition coefficient (Wildman–Crippen LogP) is 5.41. The lowest BCUT2D eigenvalue weighted by Crippen LogP contribution is -2.17. The summed E-state index contributed by atoms with van der Waals surface area (Å²) in [6, 6.07) is 6.55. The summed E-state index contributed by atoms with van der Waals surface area (Å²) >= 11 is 0. The lowest BCUT2D eigenvalue weighted by atomic mass is 10.1. The first-order valence-electron chi connectivity index (χ1n) is 9.42. The van der Waals surface area contributed by atoms with E-state index in [-0.39, 0.29) is 12.1 Å². The molecule has 0 saturated carbocycles. The summed E-state index contributed by atoms with van der Waals surface area (Å²) in [6.07, 6.45) is 6.19. The highest BCUT2D eigenvalue weighted by molar-refractivity contribution is 5.95. The fourth-order valence-corrected chi connectivity index (χ4v) is 2.69. The van der Waals surface area contributed by atoms with E-state index in [1.807, 2.05) is 6.92 Å². The first-order chi connectivity index (χ1) is 11.9. The molecule has 1 aromatic rings. The first-order valence-corrected chi connectivity index (χ1v) is 9.42. The van der Waals surface area contributed by atoms with E-state index >= 15 is 0 Å². The maximum atomic E-state index is 12.2. The molecule has 0 fully saturated rings. The third-order valence-corrected chi connectivity index (χ3v) is 3.93. The van der Waals surface area contributed by atoms with Gasteiger partial charge in [0.05, 0.1) is 23.8 Å². The van der Waals surface area contributed by atoms with Crippen molar-refractivity contribution in [3.8, 4) is 0 Å². The summed E-state index contributed by atoms with van der Waals surface area (Å²) in [6.45, 7) is 8.64. The van der Waals surface area contributed by atoms with Gasteiger partial charge in [-0.2, -0.15) is 0 Å². The second-order valence-electron chi connectivity index (χ2n) is 6.98. The minimum absolute atomic E-state index is 0.147. The third kappa shape index (κ3) is 8.71. The van der Waals surface area contributed by atoms with Crippen LogP contribution in [0, 0.1) is 5.92 Å². The number of hydrogen-bond acceptors (Lipinski definition) is 4. The number of esters is 2. The van der Waals surface area contributed by atoms with E-state index in [4.69, 9.17) is 9.47 Å². The molecule has 4 nitrogen and oxygen atoms in total. The lowest BCUT2D eigenvalue weighted by Gasteiger charge is -2.15. The Labute approximate surface area is 151 Å². The van der Waals surface area contributed by atoms with Gasteiger partial charge in [-0.05, 0) is 43.9 Å². The molecular formula is C21H32O4. The Morgan fingerprint density at radius 1 is 0.960 bits per heavy atom. The topological polar surface area (TPSA) is 52.6 Å². The summed E-state index contributed by atoms with van der Waals surface area (Å²) in [5.74, 6) is -0.329. The summed E-state index contributed by atoms with van der Waals surface area (Å²) in [7, 11) is 0. The van der Waals surface area contributed by atoms with Crippen molar-refractivity contribution in [2.24, 2.45) is 5.92 Å². The Morgan fingerprint density at radius 2 is 1.60 bits per heavy atom. The fourth-order valence-electron chi connectivity index (χ4n) is 2.69. The fraction of sp³-hybridized carbons (Fsp3) is 0.619. The van der Waals surface area contributed by atoms with Crippen LogP contribution in [-0.4, -0.2) is 24.6 Å². The van der Waals surface area contributed by atoms with E-state index in [2.05, 4.69) is 20.8 Å².